The zero-order valence-electron chi connectivity index (χ0n) is 8.46. The Kier molecular flexibility index (Phi) is 2.47. The predicted molar refractivity (Wildman–Crippen MR) is 52.6 cm³/mol. The van der Waals surface area contributed by atoms with Crippen LogP contribution in [0, 0.1) is 0 Å². The average Bonchev–Trinajstić information content (AvgIpc) is 2.14. The fraction of sp³-hybridized carbons (Fsp3) is 0.455. The number of aliphatic hydroxyl groups is 1. The summed E-state index contributed by atoms with van der Waals surface area (Å²) in [7, 11) is 0. The first-order valence-electron chi connectivity index (χ1n) is 4.97. The van der Waals surface area contributed by atoms with Gasteiger partial charge in [-0.2, -0.15) is 13.2 Å². The summed E-state index contributed by atoms with van der Waals surface area (Å²) in [5.41, 5.74) is 3.26. The second-order valence-electron chi connectivity index (χ2n) is 4.24. The van der Waals surface area contributed by atoms with E-state index in [1.54, 1.807) is 0 Å². The Hall–Kier alpha value is -1.07. The van der Waals surface area contributed by atoms with Crippen molar-refractivity contribution in [2.75, 3.05) is 0 Å². The lowest BCUT2D eigenvalue weighted by molar-refractivity contribution is -0.143. The molecule has 0 saturated heterocycles. The number of halogens is 3. The van der Waals surface area contributed by atoms with Crippen LogP contribution in [0.1, 0.15) is 24.0 Å². The summed E-state index contributed by atoms with van der Waals surface area (Å²) < 4.78 is 38.1. The largest absolute Gasteiger partial charge is 0.416 e. The Balaban J connectivity index is 2.42. The van der Waals surface area contributed by atoms with Crippen molar-refractivity contribution in [3.05, 3.63) is 35.4 Å². The summed E-state index contributed by atoms with van der Waals surface area (Å²) in [6, 6.07) is 4.89. The Morgan fingerprint density at radius 1 is 1.25 bits per heavy atom. The molecular formula is C11H12F3NO. The van der Waals surface area contributed by atoms with Gasteiger partial charge in [0.15, 0.2) is 0 Å². The van der Waals surface area contributed by atoms with E-state index in [0.717, 1.165) is 6.07 Å². The Morgan fingerprint density at radius 3 is 2.31 bits per heavy atom. The van der Waals surface area contributed by atoms with Crippen LogP contribution in [0.4, 0.5) is 13.2 Å². The number of nitrogens with two attached hydrogens (primary N) is 1. The topological polar surface area (TPSA) is 46.2 Å². The van der Waals surface area contributed by atoms with Crippen LogP contribution in [-0.2, 0) is 11.8 Å². The van der Waals surface area contributed by atoms with E-state index in [0.29, 0.717) is 0 Å². The first kappa shape index (κ1) is 11.4. The molecule has 1 fully saturated rings. The van der Waals surface area contributed by atoms with Crippen LogP contribution in [-0.4, -0.2) is 11.1 Å². The van der Waals surface area contributed by atoms with Gasteiger partial charge in [0, 0.05) is 6.04 Å². The standard InChI is InChI=1S/C11H12F3NO/c12-11(13,14)9-4-2-1-3-8(9)10(16)5-7(15)6-10/h1-4,7,16H,5-6,15H2. The van der Waals surface area contributed by atoms with Gasteiger partial charge in [0.05, 0.1) is 11.2 Å². The predicted octanol–water partition coefficient (Wildman–Crippen LogP) is 2.01. The molecule has 1 aliphatic rings. The van der Waals surface area contributed by atoms with E-state index in [-0.39, 0.29) is 24.4 Å². The van der Waals surface area contributed by atoms with Crippen molar-refractivity contribution in [1.82, 2.24) is 0 Å². The Labute approximate surface area is 90.9 Å². The smallest absolute Gasteiger partial charge is 0.385 e. The second kappa shape index (κ2) is 3.46. The maximum atomic E-state index is 12.7. The summed E-state index contributed by atoms with van der Waals surface area (Å²) in [4.78, 5) is 0. The number of hydrogen-bond acceptors (Lipinski definition) is 2. The third-order valence-electron chi connectivity index (χ3n) is 2.93. The molecule has 0 aliphatic heterocycles. The van der Waals surface area contributed by atoms with Gasteiger partial charge in [0.2, 0.25) is 0 Å². The normalized spacial score (nSPS) is 29.9. The molecule has 88 valence electrons. The van der Waals surface area contributed by atoms with Crippen LogP contribution >= 0.6 is 0 Å². The molecule has 1 aliphatic carbocycles. The van der Waals surface area contributed by atoms with Crippen molar-refractivity contribution < 1.29 is 18.3 Å². The van der Waals surface area contributed by atoms with Gasteiger partial charge >= 0.3 is 6.18 Å². The molecule has 3 N–H and O–H groups in total. The maximum Gasteiger partial charge on any atom is 0.416 e. The van der Waals surface area contributed by atoms with Crippen molar-refractivity contribution in [1.29, 1.82) is 0 Å². The van der Waals surface area contributed by atoms with E-state index < -0.39 is 17.3 Å². The molecule has 0 heterocycles. The maximum absolute atomic E-state index is 12.7. The molecular weight excluding hydrogens is 219 g/mol. The van der Waals surface area contributed by atoms with E-state index in [2.05, 4.69) is 0 Å². The Bertz CT molecular complexity index is 396. The van der Waals surface area contributed by atoms with Crippen molar-refractivity contribution >= 4 is 0 Å². The molecule has 0 atom stereocenters. The number of benzene rings is 1. The van der Waals surface area contributed by atoms with Gasteiger partial charge in [-0.05, 0) is 24.5 Å². The fourth-order valence-corrected chi connectivity index (χ4v) is 2.16. The highest BCUT2D eigenvalue weighted by atomic mass is 19.4. The van der Waals surface area contributed by atoms with Crippen molar-refractivity contribution in [2.45, 2.75) is 30.7 Å². The van der Waals surface area contributed by atoms with Crippen molar-refractivity contribution in [2.24, 2.45) is 5.73 Å². The summed E-state index contributed by atoms with van der Waals surface area (Å²) in [5.74, 6) is 0. The van der Waals surface area contributed by atoms with Crippen LogP contribution in [0.5, 0.6) is 0 Å². The lowest BCUT2D eigenvalue weighted by Crippen LogP contribution is -2.49. The fourth-order valence-electron chi connectivity index (χ4n) is 2.16. The van der Waals surface area contributed by atoms with Gasteiger partial charge in [-0.1, -0.05) is 18.2 Å². The zero-order chi connectivity index (χ0) is 12.0. The highest BCUT2D eigenvalue weighted by Crippen LogP contribution is 2.45. The van der Waals surface area contributed by atoms with Crippen LogP contribution in [0.15, 0.2) is 24.3 Å². The third-order valence-corrected chi connectivity index (χ3v) is 2.93. The second-order valence-corrected chi connectivity index (χ2v) is 4.24. The van der Waals surface area contributed by atoms with E-state index in [1.807, 2.05) is 0 Å². The number of hydrogen-bond donors (Lipinski definition) is 2. The van der Waals surface area contributed by atoms with Gasteiger partial charge in [-0.15, -0.1) is 0 Å². The molecule has 1 aromatic carbocycles. The molecule has 16 heavy (non-hydrogen) atoms. The monoisotopic (exact) mass is 231 g/mol. The van der Waals surface area contributed by atoms with Crippen LogP contribution < -0.4 is 5.73 Å². The summed E-state index contributed by atoms with van der Waals surface area (Å²) >= 11 is 0. The first-order chi connectivity index (χ1) is 7.33. The first-order valence-corrected chi connectivity index (χ1v) is 4.97. The quantitative estimate of drug-likeness (QED) is 0.776. The van der Waals surface area contributed by atoms with Crippen molar-refractivity contribution in [3.63, 3.8) is 0 Å². The molecule has 0 bridgehead atoms. The van der Waals surface area contributed by atoms with Gasteiger partial charge in [0.25, 0.3) is 0 Å². The van der Waals surface area contributed by atoms with E-state index >= 15 is 0 Å². The molecule has 0 unspecified atom stereocenters. The van der Waals surface area contributed by atoms with Crippen LogP contribution in [0.3, 0.4) is 0 Å². The zero-order valence-corrected chi connectivity index (χ0v) is 8.46. The minimum atomic E-state index is -4.44. The highest BCUT2D eigenvalue weighted by Gasteiger charge is 2.47. The van der Waals surface area contributed by atoms with E-state index in [4.69, 9.17) is 5.73 Å². The van der Waals surface area contributed by atoms with E-state index in [9.17, 15) is 18.3 Å². The molecule has 0 radical (unpaired) electrons. The molecule has 0 amide bonds. The molecule has 0 aromatic heterocycles. The molecule has 1 saturated carbocycles. The van der Waals surface area contributed by atoms with E-state index in [1.165, 1.54) is 18.2 Å². The number of rotatable bonds is 1. The van der Waals surface area contributed by atoms with Gasteiger partial charge in [-0.25, -0.2) is 0 Å². The molecule has 0 spiro atoms. The molecule has 2 rings (SSSR count). The minimum Gasteiger partial charge on any atom is -0.385 e. The van der Waals surface area contributed by atoms with Gasteiger partial charge < -0.3 is 10.8 Å². The summed E-state index contributed by atoms with van der Waals surface area (Å²) in [6.07, 6.45) is -4.08. The Morgan fingerprint density at radius 2 is 1.81 bits per heavy atom. The lowest BCUT2D eigenvalue weighted by atomic mass is 9.70. The van der Waals surface area contributed by atoms with Gasteiger partial charge in [-0.3, -0.25) is 0 Å². The lowest BCUT2D eigenvalue weighted by Gasteiger charge is -2.43. The number of alkyl halides is 3. The minimum absolute atomic E-state index is 0.0656. The van der Waals surface area contributed by atoms with Gasteiger partial charge in [0.1, 0.15) is 0 Å². The molecule has 1 aromatic rings. The van der Waals surface area contributed by atoms with Crippen LogP contribution in [0.2, 0.25) is 0 Å². The molecule has 2 nitrogen and oxygen atoms in total. The highest BCUT2D eigenvalue weighted by molar-refractivity contribution is 5.36. The van der Waals surface area contributed by atoms with Crippen molar-refractivity contribution in [3.8, 4) is 0 Å². The SMILES string of the molecule is NC1CC(O)(c2ccccc2C(F)(F)F)C1. The van der Waals surface area contributed by atoms with Crippen LogP contribution in [0.25, 0.3) is 0 Å². The third kappa shape index (κ3) is 1.81. The molecule has 5 heteroatoms. The summed E-state index contributed by atoms with van der Waals surface area (Å²) in [5, 5.41) is 10.0. The summed E-state index contributed by atoms with van der Waals surface area (Å²) in [6.45, 7) is 0. The average molecular weight is 231 g/mol.